The van der Waals surface area contributed by atoms with Gasteiger partial charge < -0.3 is 35.7 Å². The largest absolute Gasteiger partial charge is 2.00 e. The first-order valence-corrected chi connectivity index (χ1v) is 27.6. The quantitative estimate of drug-likeness (QED) is 0.0291. The summed E-state index contributed by atoms with van der Waals surface area (Å²) < 4.78 is 0. The van der Waals surface area contributed by atoms with Gasteiger partial charge in [0, 0.05) is 0 Å². The van der Waals surface area contributed by atoms with E-state index in [2.05, 4.69) is 48.5 Å². The molecule has 0 aliphatic carbocycles. The molecule has 7 atom stereocenters. The van der Waals surface area contributed by atoms with E-state index in [-0.39, 0.29) is 607 Å². The zero-order valence-corrected chi connectivity index (χ0v) is 91.1. The van der Waals surface area contributed by atoms with E-state index in [9.17, 15) is 33.6 Å². The molecular weight excluding hydrogens is 1500 g/mol. The van der Waals surface area contributed by atoms with Crippen LogP contribution in [0.1, 0.15) is 277 Å². The van der Waals surface area contributed by atoms with Crippen LogP contribution >= 0.6 is 0 Å². The van der Waals surface area contributed by atoms with E-state index in [1.165, 1.54) is 0 Å². The van der Waals surface area contributed by atoms with E-state index in [1.54, 1.807) is 0 Å². The smallest absolute Gasteiger partial charge is 0.481 e. The van der Waals surface area contributed by atoms with Crippen LogP contribution in [0.5, 0.6) is 0 Å². The van der Waals surface area contributed by atoms with E-state index in [0.717, 1.165) is 180 Å². The summed E-state index contributed by atoms with van der Waals surface area (Å²) in [6.07, 6.45) is 26.0. The summed E-state index contributed by atoms with van der Waals surface area (Å²) in [5, 5.41) is 60.2. The number of unbranched alkanes of at least 4 members (excludes halogenated alkanes) is 7. The van der Waals surface area contributed by atoms with E-state index in [4.69, 9.17) is 35.7 Å². The topological polar surface area (TPSA) is 261 Å². The molecule has 7 N–H and O–H groups in total. The Morgan fingerprint density at radius 2 is 0.259 bits per heavy atom. The van der Waals surface area contributed by atoms with Crippen molar-refractivity contribution in [3.05, 3.63) is 0 Å². The third-order valence-corrected chi connectivity index (χ3v) is 12.2. The molecule has 0 amide bonds. The van der Waals surface area contributed by atoms with Gasteiger partial charge in [-0.2, -0.15) is 0 Å². The number of hydrogen-bond acceptors (Lipinski definition) is 7. The molecule has 14 nitrogen and oxygen atoms in total. The van der Waals surface area contributed by atoms with E-state index in [0.29, 0.717) is 0 Å². The van der Waals surface area contributed by atoms with E-state index < -0.39 is 41.8 Å². The number of carboxylic acids is 7. The second-order valence-corrected chi connectivity index (χ2v) is 18.1. The van der Waals surface area contributed by atoms with Crippen molar-refractivity contribution in [3.8, 4) is 0 Å². The number of carboxylic acid groups (broad SMARTS) is 7. The number of carbonyl (C=O) groups is 7. The maximum atomic E-state index is 10.4. The van der Waals surface area contributed by atoms with Gasteiger partial charge in [-0.05, 0) is 89.9 Å². The van der Waals surface area contributed by atoms with Crippen LogP contribution in [-0.4, -0.2) is 644 Å². The van der Waals surface area contributed by atoms with E-state index >= 15 is 0 Å². The van der Waals surface area contributed by atoms with Crippen LogP contribution in [0.15, 0.2) is 0 Å². The average molecular weight is 1610 g/mol. The predicted octanol–water partition coefficient (Wildman–Crippen LogP) is 10.3. The number of hydrogen-bond donors (Lipinski definition) is 7. The molecule has 0 saturated heterocycles. The van der Waals surface area contributed by atoms with Crippen molar-refractivity contribution in [2.75, 3.05) is 0 Å². The minimum absolute atomic E-state index is 0. The van der Waals surface area contributed by atoms with Crippen LogP contribution in [0.25, 0.3) is 0 Å². The minimum Gasteiger partial charge on any atom is -0.481 e. The molecule has 0 aromatic rings. The Kier molecular flexibility index (Phi) is 250. The molecule has 0 rings (SSSR count). The van der Waals surface area contributed by atoms with Gasteiger partial charge in [-0.3, -0.25) is 33.6 Å². The van der Waals surface area contributed by atoms with Gasteiger partial charge in [0.15, 0.2) is 0 Å². The Balaban J connectivity index is -0.0000000265. The van der Waals surface area contributed by atoms with Crippen molar-refractivity contribution >= 4 is 608 Å². The van der Waals surface area contributed by atoms with Gasteiger partial charge in [-0.1, -0.05) is 187 Å². The third-order valence-electron chi connectivity index (χ3n) is 12.2. The molecule has 0 spiro atoms. The Bertz CT molecular complexity index is 1010. The Hall–Kier alpha value is 15.2. The second-order valence-electron chi connectivity index (χ2n) is 18.1. The molecule has 85 heavy (non-hydrogen) atoms. The molecule has 0 saturated carbocycles. The van der Waals surface area contributed by atoms with Gasteiger partial charge >= 0.3 is 608 Å². The molecule has 0 aliphatic heterocycles. The number of rotatable bonds is 35. The summed E-state index contributed by atoms with van der Waals surface area (Å²) in [7, 11) is 0. The Morgan fingerprint density at radius 1 is 0.188 bits per heavy atom. The molecule has 0 heterocycles. The fourth-order valence-electron chi connectivity index (χ4n) is 6.67. The maximum Gasteiger partial charge on any atom is 2.00 e. The summed E-state index contributed by atoms with van der Waals surface area (Å²) in [5.41, 5.74) is 0. The van der Waals surface area contributed by atoms with Gasteiger partial charge in [-0.25, -0.2) is 0 Å². The zero-order valence-electron chi connectivity index (χ0n) is 57.9. The summed E-state index contributed by atoms with van der Waals surface area (Å²) in [5.74, 6) is -5.28. The fourth-order valence-corrected chi connectivity index (χ4v) is 6.67. The average Bonchev–Trinajstić information content (AvgIpc) is 3.31. The molecule has 420 valence electrons. The van der Waals surface area contributed by atoms with Crippen molar-refractivity contribution in [2.45, 2.75) is 277 Å². The molecule has 0 radical (unpaired) electrons. The van der Waals surface area contributed by atoms with Gasteiger partial charge in [-0.15, -0.1) is 0 Å². The van der Waals surface area contributed by atoms with Gasteiger partial charge in [0.25, 0.3) is 0 Å². The monoisotopic (exact) mass is 1610 g/mol. The van der Waals surface area contributed by atoms with Crippen molar-refractivity contribution in [1.29, 1.82) is 0 Å². The summed E-state index contributed by atoms with van der Waals surface area (Å²) in [4.78, 5) is 73.1. The molecular formula is C56H112Ca15O14+30. The molecule has 0 aliphatic rings. The van der Waals surface area contributed by atoms with Crippen LogP contribution in [0.2, 0.25) is 0 Å². The normalized spacial score (nSPS) is 10.7. The molecule has 0 fully saturated rings. The van der Waals surface area contributed by atoms with Crippen molar-refractivity contribution in [2.24, 2.45) is 41.4 Å². The summed E-state index contributed by atoms with van der Waals surface area (Å²) in [6, 6.07) is 0. The van der Waals surface area contributed by atoms with Crippen molar-refractivity contribution in [1.82, 2.24) is 0 Å². The first kappa shape index (κ1) is 161. The van der Waals surface area contributed by atoms with Crippen LogP contribution in [0.3, 0.4) is 0 Å². The van der Waals surface area contributed by atoms with E-state index in [1.807, 2.05) is 48.5 Å². The molecule has 0 aromatic heterocycles. The molecule has 0 aromatic carbocycles. The first-order valence-electron chi connectivity index (χ1n) is 27.6. The SMILES string of the molecule is CCCCC(CC)C(=O)O.CCCCC(CC)C(=O)O.CCCCC(CC)C(=O)O.CCCCC(CC)C(=O)O.CCCCC(CC)C(=O)O.CCCCC(CC)C(=O)O.CCCCC(CC)C(=O)O.[Ca+2].[Ca+2].[Ca+2].[Ca+2].[Ca+2].[Ca+2].[Ca+2].[Ca+2].[Ca+2].[Ca+2].[Ca+2].[Ca+2].[Ca+2].[Ca+2].[Ca+2]. The van der Waals surface area contributed by atoms with Crippen LogP contribution < -0.4 is 0 Å². The predicted molar refractivity (Wildman–Crippen MR) is 373 cm³/mol. The molecule has 7 unspecified atom stereocenters. The van der Waals surface area contributed by atoms with Crippen LogP contribution in [0, 0.1) is 41.4 Å². The standard InChI is InChI=1S/7C8H16O2.15Ca/c7*1-3-5-6-7(4-2)8(9)10;;;;;;;;;;;;;;;/h7*7H,3-6H2,1-2H3,(H,9,10);;;;;;;;;;;;;;;/q;;;;;;;15*+2. The minimum atomic E-state index is -0.643. The van der Waals surface area contributed by atoms with Crippen LogP contribution in [-0.2, 0) is 33.6 Å². The van der Waals surface area contributed by atoms with Crippen molar-refractivity contribution < 1.29 is 69.3 Å². The fraction of sp³-hybridized carbons (Fsp3) is 0.875. The molecule has 0 bridgehead atoms. The van der Waals surface area contributed by atoms with Crippen molar-refractivity contribution in [3.63, 3.8) is 0 Å². The van der Waals surface area contributed by atoms with Gasteiger partial charge in [0.1, 0.15) is 0 Å². The molecule has 29 heteroatoms. The number of aliphatic carboxylic acids is 7. The van der Waals surface area contributed by atoms with Gasteiger partial charge in [0.2, 0.25) is 0 Å². The zero-order chi connectivity index (χ0) is 55.9. The van der Waals surface area contributed by atoms with Crippen LogP contribution in [0.4, 0.5) is 0 Å². The third kappa shape index (κ3) is 129. The first-order chi connectivity index (χ1) is 33.0. The second kappa shape index (κ2) is 132. The Labute approximate surface area is 969 Å². The summed E-state index contributed by atoms with van der Waals surface area (Å²) in [6.45, 7) is 28.0. The maximum absolute atomic E-state index is 10.4. The Morgan fingerprint density at radius 3 is 0.294 bits per heavy atom. The van der Waals surface area contributed by atoms with Gasteiger partial charge in [0.05, 0.1) is 41.4 Å². The summed E-state index contributed by atoms with van der Waals surface area (Å²) >= 11 is 0.